The van der Waals surface area contributed by atoms with Crippen LogP contribution >= 0.6 is 15.9 Å². The summed E-state index contributed by atoms with van der Waals surface area (Å²) in [6.45, 7) is 2.87. The van der Waals surface area contributed by atoms with Crippen LogP contribution in [0.2, 0.25) is 0 Å². The van der Waals surface area contributed by atoms with E-state index in [9.17, 15) is 18.7 Å². The van der Waals surface area contributed by atoms with Gasteiger partial charge in [0, 0.05) is 49.7 Å². The van der Waals surface area contributed by atoms with Crippen LogP contribution < -0.4 is 15.0 Å². The lowest BCUT2D eigenvalue weighted by molar-refractivity contribution is -0.140. The number of halogens is 4. The predicted molar refractivity (Wildman–Crippen MR) is 165 cm³/mol. The largest absolute Gasteiger partial charge is 0.508 e. The Morgan fingerprint density at radius 1 is 1.16 bits per heavy atom. The van der Waals surface area contributed by atoms with Gasteiger partial charge in [0.25, 0.3) is 0 Å². The number of nitrogens with zero attached hydrogens (tertiary/aromatic N) is 5. The Labute approximate surface area is 264 Å². The summed E-state index contributed by atoms with van der Waals surface area (Å²) in [4.78, 5) is 30.4. The van der Waals surface area contributed by atoms with Crippen molar-refractivity contribution < 1.29 is 27.8 Å². The molecule has 4 fully saturated rings. The first-order valence-electron chi connectivity index (χ1n) is 15.2. The summed E-state index contributed by atoms with van der Waals surface area (Å²) in [7, 11) is 0. The lowest BCUT2D eigenvalue weighted by Crippen LogP contribution is -2.65. The molecule has 2 aromatic heterocycles. The summed E-state index contributed by atoms with van der Waals surface area (Å²) in [6, 6.07) is 5.52. The minimum Gasteiger partial charge on any atom is -0.508 e. The molecule has 2 N–H and O–H groups in total. The van der Waals surface area contributed by atoms with Gasteiger partial charge >= 0.3 is 6.01 Å². The normalized spacial score (nSPS) is 26.4. The number of phenolic OH excluding ortho intramolecular Hbond substituents is 1. The van der Waals surface area contributed by atoms with Gasteiger partial charge in [0.1, 0.15) is 41.4 Å². The molecule has 234 valence electrons. The maximum atomic E-state index is 16.7. The van der Waals surface area contributed by atoms with Crippen molar-refractivity contribution in [3.05, 3.63) is 46.6 Å². The fourth-order valence-corrected chi connectivity index (χ4v) is 8.36. The number of fused-ring (bicyclic) bond motifs is 3. The third-order valence-corrected chi connectivity index (χ3v) is 10.8. The summed E-state index contributed by atoms with van der Waals surface area (Å²) in [5.41, 5.74) is -1.01. The Hall–Kier alpha value is -3.71. The van der Waals surface area contributed by atoms with Crippen molar-refractivity contribution in [3.8, 4) is 23.0 Å². The Morgan fingerprint density at radius 2 is 2.00 bits per heavy atom. The van der Waals surface area contributed by atoms with Crippen LogP contribution in [-0.2, 0) is 4.79 Å². The first-order chi connectivity index (χ1) is 21.7. The maximum absolute atomic E-state index is 16.7. The van der Waals surface area contributed by atoms with Crippen molar-refractivity contribution in [2.45, 2.75) is 43.8 Å². The zero-order valence-corrected chi connectivity index (χ0v) is 25.8. The fourth-order valence-electron chi connectivity index (χ4n) is 7.78. The van der Waals surface area contributed by atoms with Crippen LogP contribution in [0.5, 0.6) is 11.8 Å². The minimum absolute atomic E-state index is 0.00960. The van der Waals surface area contributed by atoms with Crippen LogP contribution in [0.3, 0.4) is 0 Å². The van der Waals surface area contributed by atoms with Crippen molar-refractivity contribution in [2.75, 3.05) is 44.2 Å². The second-order valence-electron chi connectivity index (χ2n) is 12.8. The molecule has 4 aromatic rings. The number of carbonyl (C=O) groups is 1. The molecule has 45 heavy (non-hydrogen) atoms. The van der Waals surface area contributed by atoms with Crippen LogP contribution in [0.4, 0.5) is 19.0 Å². The molecular formula is C32H30BrF3N6O3. The van der Waals surface area contributed by atoms with Crippen LogP contribution in [0, 0.1) is 17.0 Å². The first-order valence-corrected chi connectivity index (χ1v) is 16.0. The molecule has 3 atom stereocenters. The number of alkyl halides is 1. The number of ether oxygens (including phenoxy) is 1. The average Bonchev–Trinajstić information content (AvgIpc) is 3.56. The van der Waals surface area contributed by atoms with E-state index in [2.05, 4.69) is 36.1 Å². The van der Waals surface area contributed by atoms with Crippen molar-refractivity contribution in [1.29, 1.82) is 0 Å². The molecule has 13 heteroatoms. The van der Waals surface area contributed by atoms with Crippen LogP contribution in [0.25, 0.3) is 32.9 Å². The number of phenols is 1. The number of aromatic nitrogens is 3. The number of hydrogen-bond donors (Lipinski definition) is 2. The number of piperidine rings is 1. The van der Waals surface area contributed by atoms with Crippen molar-refractivity contribution in [3.63, 3.8) is 0 Å². The van der Waals surface area contributed by atoms with E-state index in [1.165, 1.54) is 30.5 Å². The number of nitrogens with one attached hydrogen (secondary N) is 1. The highest BCUT2D eigenvalue weighted by Gasteiger charge is 2.50. The highest BCUT2D eigenvalue weighted by Crippen LogP contribution is 2.43. The lowest BCUT2D eigenvalue weighted by atomic mass is 9.74. The van der Waals surface area contributed by atoms with E-state index in [0.29, 0.717) is 54.6 Å². The molecule has 4 saturated heterocycles. The standard InChI is InChI=1S/C32H30BrF3N6O3/c33-24-22(35)4-3-17-9-19(43)10-20(23(17)24)26-25(36)27-21(12-37-26)28(41-7-1-5-31(15-41)14-38-29(31)44)40-30(39-27)45-16-32-6-2-8-42(32)13-18(34)11-32/h3-4,9-10,12,18,43H,1-2,5-8,11,13-16H2,(H,38,44)/t18-,31?,32+/m1/s1. The molecule has 1 amide bonds. The van der Waals surface area contributed by atoms with E-state index < -0.39 is 28.8 Å². The van der Waals surface area contributed by atoms with Crippen LogP contribution in [0.15, 0.2) is 34.9 Å². The van der Waals surface area contributed by atoms with E-state index in [1.54, 1.807) is 0 Å². The Morgan fingerprint density at radius 3 is 2.80 bits per heavy atom. The third kappa shape index (κ3) is 4.52. The molecule has 2 aromatic carbocycles. The zero-order chi connectivity index (χ0) is 31.1. The van der Waals surface area contributed by atoms with E-state index >= 15 is 4.39 Å². The summed E-state index contributed by atoms with van der Waals surface area (Å²) in [5.74, 6) is -1.08. The highest BCUT2D eigenvalue weighted by molar-refractivity contribution is 9.10. The molecule has 0 aliphatic carbocycles. The summed E-state index contributed by atoms with van der Waals surface area (Å²) in [5, 5.41) is 14.5. The van der Waals surface area contributed by atoms with Crippen molar-refractivity contribution >= 4 is 49.3 Å². The average molecular weight is 684 g/mol. The quantitative estimate of drug-likeness (QED) is 0.275. The van der Waals surface area contributed by atoms with Gasteiger partial charge in [0.05, 0.1) is 20.8 Å². The smallest absolute Gasteiger partial charge is 0.319 e. The molecule has 4 aliphatic rings. The van der Waals surface area contributed by atoms with Crippen LogP contribution in [0.1, 0.15) is 32.1 Å². The second-order valence-corrected chi connectivity index (χ2v) is 13.6. The molecule has 4 aliphatic heterocycles. The van der Waals surface area contributed by atoms with Gasteiger partial charge in [-0.1, -0.05) is 6.07 Å². The Kier molecular flexibility index (Phi) is 6.65. The predicted octanol–water partition coefficient (Wildman–Crippen LogP) is 5.26. The van der Waals surface area contributed by atoms with Gasteiger partial charge in [-0.05, 0) is 71.7 Å². The van der Waals surface area contributed by atoms with Gasteiger partial charge in [-0.2, -0.15) is 9.97 Å². The van der Waals surface area contributed by atoms with Crippen molar-refractivity contribution in [1.82, 2.24) is 25.2 Å². The van der Waals surface area contributed by atoms with Gasteiger partial charge in [0.15, 0.2) is 5.82 Å². The third-order valence-electron chi connectivity index (χ3n) is 10.1. The first kappa shape index (κ1) is 28.7. The van der Waals surface area contributed by atoms with E-state index in [1.807, 2.05) is 4.90 Å². The van der Waals surface area contributed by atoms with Gasteiger partial charge in [-0.3, -0.25) is 14.7 Å². The fraction of sp³-hybridized carbons (Fsp3) is 0.438. The molecule has 8 rings (SSSR count). The van der Waals surface area contributed by atoms with E-state index in [4.69, 9.17) is 9.72 Å². The minimum atomic E-state index is -0.938. The lowest BCUT2D eigenvalue weighted by Gasteiger charge is -2.47. The summed E-state index contributed by atoms with van der Waals surface area (Å²) in [6.07, 6.45) is 4.11. The van der Waals surface area contributed by atoms with Gasteiger partial charge in [-0.25, -0.2) is 13.2 Å². The molecule has 6 heterocycles. The number of rotatable bonds is 5. The van der Waals surface area contributed by atoms with Crippen molar-refractivity contribution in [2.24, 2.45) is 5.41 Å². The van der Waals surface area contributed by atoms with Gasteiger partial charge in [0.2, 0.25) is 5.91 Å². The number of benzene rings is 2. The Balaban J connectivity index is 1.27. The molecule has 1 unspecified atom stereocenters. The molecule has 1 spiro atoms. The number of pyridine rings is 1. The number of carbonyl (C=O) groups excluding carboxylic acids is 1. The number of aromatic hydroxyl groups is 1. The number of anilines is 1. The van der Waals surface area contributed by atoms with Gasteiger partial charge in [-0.15, -0.1) is 0 Å². The monoisotopic (exact) mass is 682 g/mol. The second kappa shape index (κ2) is 10.4. The summed E-state index contributed by atoms with van der Waals surface area (Å²) < 4.78 is 52.1. The van der Waals surface area contributed by atoms with Gasteiger partial charge < -0.3 is 20.1 Å². The molecule has 9 nitrogen and oxygen atoms in total. The molecule has 0 radical (unpaired) electrons. The zero-order valence-electron chi connectivity index (χ0n) is 24.3. The Bertz CT molecular complexity index is 1900. The molecule has 0 bridgehead atoms. The molecule has 0 saturated carbocycles. The SMILES string of the molecule is O=C1NCC12CCCN(c1nc(OC[C@@]34CCCN3C[C@H](F)C4)nc3c(F)c(-c4cc(O)cc5ccc(F)c(Br)c45)ncc13)C2. The highest BCUT2D eigenvalue weighted by atomic mass is 79.9. The van der Waals surface area contributed by atoms with E-state index in [0.717, 1.165) is 32.2 Å². The topological polar surface area (TPSA) is 104 Å². The number of hydrogen-bond acceptors (Lipinski definition) is 8. The van der Waals surface area contributed by atoms with E-state index in [-0.39, 0.29) is 45.5 Å². The van der Waals surface area contributed by atoms with Crippen LogP contribution in [-0.4, -0.2) is 81.9 Å². The summed E-state index contributed by atoms with van der Waals surface area (Å²) >= 11 is 3.29. The number of β-lactam (4-membered cyclic amide) rings is 1. The number of amides is 1. The maximum Gasteiger partial charge on any atom is 0.319 e. The molecular weight excluding hydrogens is 653 g/mol.